The van der Waals surface area contributed by atoms with Gasteiger partial charge in [-0.3, -0.25) is 14.4 Å². The lowest BCUT2D eigenvalue weighted by Crippen LogP contribution is -2.30. The normalized spacial score (nSPS) is 13.5. The van der Waals surface area contributed by atoms with Crippen molar-refractivity contribution in [2.45, 2.75) is 162 Å². The van der Waals surface area contributed by atoms with E-state index in [1.54, 1.807) is 6.08 Å². The summed E-state index contributed by atoms with van der Waals surface area (Å²) in [6.45, 7) is 6.10. The summed E-state index contributed by atoms with van der Waals surface area (Å²) < 4.78 is 16.5. The minimum absolute atomic E-state index is 0.109. The van der Waals surface area contributed by atoms with Crippen LogP contribution in [0.5, 0.6) is 0 Å². The highest BCUT2D eigenvalue weighted by Crippen LogP contribution is 2.10. The maximum absolute atomic E-state index is 12.7. The fourth-order valence-corrected chi connectivity index (χ4v) is 5.45. The second kappa shape index (κ2) is 48.7. The highest BCUT2D eigenvalue weighted by Gasteiger charge is 2.19. The summed E-state index contributed by atoms with van der Waals surface area (Å²) >= 11 is 0. The van der Waals surface area contributed by atoms with E-state index >= 15 is 0 Å². The smallest absolute Gasteiger partial charge is 0.309 e. The van der Waals surface area contributed by atoms with Gasteiger partial charge in [-0.2, -0.15) is 0 Å². The first kappa shape index (κ1) is 57.0. The monoisotopic (exact) mass is 851 g/mol. The van der Waals surface area contributed by atoms with Crippen molar-refractivity contribution >= 4 is 17.9 Å². The molecule has 6 heteroatoms. The summed E-state index contributed by atoms with van der Waals surface area (Å²) in [6, 6.07) is 0. The van der Waals surface area contributed by atoms with Gasteiger partial charge < -0.3 is 14.2 Å². The molecule has 342 valence electrons. The van der Waals surface area contributed by atoms with Gasteiger partial charge in [0.15, 0.2) is 6.10 Å². The molecule has 0 aliphatic heterocycles. The van der Waals surface area contributed by atoms with Gasteiger partial charge in [-0.05, 0) is 89.9 Å². The first-order valence-electron chi connectivity index (χ1n) is 23.6. The van der Waals surface area contributed by atoms with E-state index in [-0.39, 0.29) is 32.0 Å². The van der Waals surface area contributed by atoms with Crippen molar-refractivity contribution in [3.05, 3.63) is 158 Å². The number of unbranched alkanes of at least 4 members (excludes halogenated alkanes) is 7. The second-order valence-corrected chi connectivity index (χ2v) is 14.7. The van der Waals surface area contributed by atoms with Gasteiger partial charge in [0.1, 0.15) is 13.2 Å². The molecule has 0 aliphatic carbocycles. The molecule has 62 heavy (non-hydrogen) atoms. The van der Waals surface area contributed by atoms with Gasteiger partial charge in [0, 0.05) is 12.8 Å². The topological polar surface area (TPSA) is 78.9 Å². The third-order valence-electron chi connectivity index (χ3n) is 8.89. The molecule has 0 aromatic heterocycles. The quantitative estimate of drug-likeness (QED) is 0.0202. The van der Waals surface area contributed by atoms with E-state index in [0.29, 0.717) is 12.8 Å². The SMILES string of the molecule is CC/C=C\C/C=C\C/C=C\C/C=C\C/C=C\CCCC(=O)OC(COC(=O)C/C=C\C/C=C\C/C=C\CC)COC(=O)CCCCCCC\C=C/C=C\C=C/C=C\C=C/CCC. The van der Waals surface area contributed by atoms with Gasteiger partial charge in [-0.15, -0.1) is 0 Å². The number of hydrogen-bond donors (Lipinski definition) is 0. The predicted molar refractivity (Wildman–Crippen MR) is 265 cm³/mol. The van der Waals surface area contributed by atoms with Gasteiger partial charge >= 0.3 is 17.9 Å². The molecule has 0 saturated carbocycles. The van der Waals surface area contributed by atoms with Crippen LogP contribution >= 0.6 is 0 Å². The Hall–Kier alpha value is -4.97. The number of hydrogen-bond acceptors (Lipinski definition) is 6. The maximum atomic E-state index is 12.7. The van der Waals surface area contributed by atoms with E-state index in [2.05, 4.69) is 130 Å². The van der Waals surface area contributed by atoms with E-state index in [0.717, 1.165) is 103 Å². The van der Waals surface area contributed by atoms with Crippen molar-refractivity contribution in [1.82, 2.24) is 0 Å². The van der Waals surface area contributed by atoms with Gasteiger partial charge in [-0.1, -0.05) is 204 Å². The van der Waals surface area contributed by atoms with Crippen LogP contribution in [-0.2, 0) is 28.6 Å². The molecule has 6 nitrogen and oxygen atoms in total. The van der Waals surface area contributed by atoms with E-state index in [9.17, 15) is 14.4 Å². The molecule has 0 aromatic rings. The zero-order chi connectivity index (χ0) is 45.1. The van der Waals surface area contributed by atoms with Gasteiger partial charge in [0.05, 0.1) is 6.42 Å². The lowest BCUT2D eigenvalue weighted by atomic mass is 10.1. The number of allylic oxidation sites excluding steroid dienone is 25. The lowest BCUT2D eigenvalue weighted by molar-refractivity contribution is -0.166. The fourth-order valence-electron chi connectivity index (χ4n) is 5.45. The third kappa shape index (κ3) is 46.1. The van der Waals surface area contributed by atoms with E-state index in [1.807, 2.05) is 42.5 Å². The van der Waals surface area contributed by atoms with Crippen LogP contribution in [-0.4, -0.2) is 37.2 Å². The first-order chi connectivity index (χ1) is 30.5. The maximum Gasteiger partial charge on any atom is 0.309 e. The summed E-state index contributed by atoms with van der Waals surface area (Å²) in [4.78, 5) is 37.7. The van der Waals surface area contributed by atoms with E-state index < -0.39 is 18.0 Å². The second-order valence-electron chi connectivity index (χ2n) is 14.7. The Balaban J connectivity index is 4.60. The Bertz CT molecular complexity index is 1490. The number of carbonyl (C=O) groups is 3. The van der Waals surface area contributed by atoms with Crippen LogP contribution in [0.1, 0.15) is 156 Å². The molecule has 1 unspecified atom stereocenters. The standard InChI is InChI=1S/C56H82O6/c1-4-7-10-13-16-19-21-23-25-27-29-30-32-34-37-40-43-46-49-55(58)61-52-53(51-60-54(57)48-45-42-39-36-18-15-12-9-6-3)62-56(59)50-47-44-41-38-35-33-31-28-26-24-22-20-17-14-11-8-5-2/h8-13,16-21,23-27,29-31,33,36,38,41-42,45,53H,4-7,14-15,22,28,32,34-35,37,39-40,43-44,46-52H2,1-3H3/b11-8-,12-9-,13-10-,19-16-,20-17-,23-21-,26-24-,27-25-,30-29-,33-31-,36-18-,41-38-,45-42-. The molecule has 0 saturated heterocycles. The number of rotatable bonds is 39. The van der Waals surface area contributed by atoms with Gasteiger partial charge in [0.2, 0.25) is 0 Å². The fraction of sp³-hybridized carbons (Fsp3) is 0.482. The summed E-state index contributed by atoms with van der Waals surface area (Å²) in [5, 5.41) is 0. The molecule has 0 rings (SSSR count). The number of esters is 3. The van der Waals surface area contributed by atoms with Crippen LogP contribution in [0.2, 0.25) is 0 Å². The Morgan fingerprint density at radius 2 is 0.774 bits per heavy atom. The first-order valence-corrected chi connectivity index (χ1v) is 23.6. The largest absolute Gasteiger partial charge is 0.462 e. The van der Waals surface area contributed by atoms with Crippen molar-refractivity contribution in [3.63, 3.8) is 0 Å². The zero-order valence-electron chi connectivity index (χ0n) is 38.8. The lowest BCUT2D eigenvalue weighted by Gasteiger charge is -2.18. The van der Waals surface area contributed by atoms with Crippen molar-refractivity contribution < 1.29 is 28.6 Å². The van der Waals surface area contributed by atoms with Crippen LogP contribution in [0.25, 0.3) is 0 Å². The van der Waals surface area contributed by atoms with E-state index in [1.165, 1.54) is 6.42 Å². The van der Waals surface area contributed by atoms with Crippen molar-refractivity contribution in [2.24, 2.45) is 0 Å². The summed E-state index contributed by atoms with van der Waals surface area (Å²) in [5.74, 6) is -1.18. The predicted octanol–water partition coefficient (Wildman–Crippen LogP) is 15.5. The molecule has 0 bridgehead atoms. The summed E-state index contributed by atoms with van der Waals surface area (Å²) in [5.41, 5.74) is 0. The highest BCUT2D eigenvalue weighted by molar-refractivity contribution is 5.72. The molecule has 0 spiro atoms. The Kier molecular flexibility index (Phi) is 44.8. The molecular weight excluding hydrogens is 769 g/mol. The third-order valence-corrected chi connectivity index (χ3v) is 8.89. The van der Waals surface area contributed by atoms with Crippen LogP contribution in [0.15, 0.2) is 158 Å². The Morgan fingerprint density at radius 1 is 0.371 bits per heavy atom. The molecular formula is C56H82O6. The minimum Gasteiger partial charge on any atom is -0.462 e. The molecule has 0 aromatic carbocycles. The van der Waals surface area contributed by atoms with Crippen molar-refractivity contribution in [3.8, 4) is 0 Å². The molecule has 0 radical (unpaired) electrons. The summed E-state index contributed by atoms with van der Waals surface area (Å²) in [6.07, 6.45) is 71.2. The van der Waals surface area contributed by atoms with E-state index in [4.69, 9.17) is 14.2 Å². The molecule has 0 heterocycles. The van der Waals surface area contributed by atoms with Crippen LogP contribution < -0.4 is 0 Å². The molecule has 1 atom stereocenters. The van der Waals surface area contributed by atoms with Gasteiger partial charge in [0.25, 0.3) is 0 Å². The minimum atomic E-state index is -0.860. The number of ether oxygens (including phenoxy) is 3. The highest BCUT2D eigenvalue weighted by atomic mass is 16.6. The molecule has 0 N–H and O–H groups in total. The van der Waals surface area contributed by atoms with Crippen molar-refractivity contribution in [2.75, 3.05) is 13.2 Å². The molecule has 0 aliphatic rings. The average molecular weight is 851 g/mol. The van der Waals surface area contributed by atoms with Gasteiger partial charge in [-0.25, -0.2) is 0 Å². The van der Waals surface area contributed by atoms with Crippen LogP contribution in [0.4, 0.5) is 0 Å². The zero-order valence-corrected chi connectivity index (χ0v) is 38.8. The van der Waals surface area contributed by atoms with Crippen molar-refractivity contribution in [1.29, 1.82) is 0 Å². The Morgan fingerprint density at radius 3 is 1.31 bits per heavy atom. The average Bonchev–Trinajstić information content (AvgIpc) is 3.27. The number of carbonyl (C=O) groups excluding carboxylic acids is 3. The molecule has 0 amide bonds. The summed E-state index contributed by atoms with van der Waals surface area (Å²) in [7, 11) is 0. The Labute approximate surface area is 378 Å². The van der Waals surface area contributed by atoms with Crippen LogP contribution in [0.3, 0.4) is 0 Å². The van der Waals surface area contributed by atoms with Crippen LogP contribution in [0, 0.1) is 0 Å². The molecule has 0 fully saturated rings.